The van der Waals surface area contributed by atoms with E-state index in [1.165, 1.54) is 19.3 Å². The summed E-state index contributed by atoms with van der Waals surface area (Å²) in [6, 6.07) is -0.281. The second-order valence-electron chi connectivity index (χ2n) is 4.17. The fourth-order valence-electron chi connectivity index (χ4n) is 1.69. The van der Waals surface area contributed by atoms with Gasteiger partial charge in [-0.05, 0) is 31.7 Å². The predicted octanol–water partition coefficient (Wildman–Crippen LogP) is 2.02. The van der Waals surface area contributed by atoms with Gasteiger partial charge < -0.3 is 10.4 Å². The van der Waals surface area contributed by atoms with Gasteiger partial charge in [-0.25, -0.2) is 0 Å². The van der Waals surface area contributed by atoms with Crippen LogP contribution in [0.5, 0.6) is 0 Å². The van der Waals surface area contributed by atoms with Crippen LogP contribution in [0.2, 0.25) is 0 Å². The summed E-state index contributed by atoms with van der Waals surface area (Å²) in [4.78, 5) is 10.8. The molecule has 0 radical (unpaired) electrons. The molecule has 0 bridgehead atoms. The molecule has 0 heterocycles. The van der Waals surface area contributed by atoms with Gasteiger partial charge in [0.05, 0.1) is 0 Å². The SMILES string of the molecule is CCCCCCNC(C(=O)O)C1CC1. The van der Waals surface area contributed by atoms with Crippen molar-refractivity contribution in [2.45, 2.75) is 51.5 Å². The second kappa shape index (κ2) is 6.02. The Bertz CT molecular complexity index is 178. The molecule has 0 aliphatic heterocycles. The molecular formula is C11H21NO2. The average Bonchev–Trinajstić information content (AvgIpc) is 2.94. The van der Waals surface area contributed by atoms with Gasteiger partial charge in [-0.2, -0.15) is 0 Å². The van der Waals surface area contributed by atoms with Gasteiger partial charge >= 0.3 is 5.97 Å². The zero-order valence-corrected chi connectivity index (χ0v) is 8.96. The van der Waals surface area contributed by atoms with Crippen LogP contribution in [0.25, 0.3) is 0 Å². The van der Waals surface area contributed by atoms with Gasteiger partial charge in [0, 0.05) is 0 Å². The monoisotopic (exact) mass is 199 g/mol. The van der Waals surface area contributed by atoms with E-state index < -0.39 is 5.97 Å². The molecule has 0 saturated heterocycles. The number of aliphatic carboxylic acids is 1. The molecule has 1 aliphatic carbocycles. The third kappa shape index (κ3) is 4.09. The van der Waals surface area contributed by atoms with Crippen molar-refractivity contribution in [3.63, 3.8) is 0 Å². The van der Waals surface area contributed by atoms with Crippen LogP contribution in [0.15, 0.2) is 0 Å². The van der Waals surface area contributed by atoms with Gasteiger partial charge in [-0.1, -0.05) is 26.2 Å². The first kappa shape index (κ1) is 11.5. The second-order valence-corrected chi connectivity index (χ2v) is 4.17. The van der Waals surface area contributed by atoms with Gasteiger partial charge in [0.25, 0.3) is 0 Å². The Hall–Kier alpha value is -0.570. The van der Waals surface area contributed by atoms with E-state index in [0.29, 0.717) is 5.92 Å². The summed E-state index contributed by atoms with van der Waals surface area (Å²) in [5, 5.41) is 12.1. The minimum Gasteiger partial charge on any atom is -0.480 e. The fraction of sp³-hybridized carbons (Fsp3) is 0.909. The van der Waals surface area contributed by atoms with Crippen LogP contribution in [0.3, 0.4) is 0 Å². The predicted molar refractivity (Wildman–Crippen MR) is 56.3 cm³/mol. The molecule has 1 rings (SSSR count). The lowest BCUT2D eigenvalue weighted by Gasteiger charge is -2.12. The van der Waals surface area contributed by atoms with Crippen LogP contribution in [-0.2, 0) is 4.79 Å². The molecule has 82 valence electrons. The normalized spacial score (nSPS) is 18.1. The first-order valence-corrected chi connectivity index (χ1v) is 5.72. The highest BCUT2D eigenvalue weighted by atomic mass is 16.4. The summed E-state index contributed by atoms with van der Waals surface area (Å²) in [6.07, 6.45) is 6.95. The van der Waals surface area contributed by atoms with Gasteiger partial charge in [0.15, 0.2) is 0 Å². The van der Waals surface area contributed by atoms with Crippen LogP contribution in [0.1, 0.15) is 45.4 Å². The van der Waals surface area contributed by atoms with Crippen LogP contribution in [0.4, 0.5) is 0 Å². The Kier molecular flexibility index (Phi) is 4.94. The standard InChI is InChI=1S/C11H21NO2/c1-2-3-4-5-8-12-10(11(13)14)9-6-7-9/h9-10,12H,2-8H2,1H3,(H,13,14). The average molecular weight is 199 g/mol. The van der Waals surface area contributed by atoms with E-state index in [0.717, 1.165) is 25.8 Å². The van der Waals surface area contributed by atoms with E-state index in [1.54, 1.807) is 0 Å². The Labute approximate surface area is 85.9 Å². The van der Waals surface area contributed by atoms with E-state index in [2.05, 4.69) is 12.2 Å². The topological polar surface area (TPSA) is 49.3 Å². The summed E-state index contributed by atoms with van der Waals surface area (Å²) >= 11 is 0. The lowest BCUT2D eigenvalue weighted by atomic mass is 10.1. The van der Waals surface area contributed by atoms with Gasteiger partial charge in [0.2, 0.25) is 0 Å². The fourth-order valence-corrected chi connectivity index (χ4v) is 1.69. The molecule has 1 unspecified atom stereocenters. The largest absolute Gasteiger partial charge is 0.480 e. The van der Waals surface area contributed by atoms with Crippen molar-refractivity contribution >= 4 is 5.97 Å². The molecule has 14 heavy (non-hydrogen) atoms. The first-order valence-electron chi connectivity index (χ1n) is 5.72. The number of unbranched alkanes of at least 4 members (excludes halogenated alkanes) is 3. The van der Waals surface area contributed by atoms with Crippen molar-refractivity contribution in [3.8, 4) is 0 Å². The van der Waals surface area contributed by atoms with Crippen molar-refractivity contribution in [3.05, 3.63) is 0 Å². The number of nitrogens with one attached hydrogen (secondary N) is 1. The molecule has 0 aromatic rings. The molecule has 0 aromatic heterocycles. The first-order chi connectivity index (χ1) is 6.75. The number of hydrogen-bond acceptors (Lipinski definition) is 2. The van der Waals surface area contributed by atoms with Crippen molar-refractivity contribution in [1.82, 2.24) is 5.32 Å². The van der Waals surface area contributed by atoms with E-state index in [1.807, 2.05) is 0 Å². The van der Waals surface area contributed by atoms with Gasteiger partial charge in [-0.3, -0.25) is 4.79 Å². The smallest absolute Gasteiger partial charge is 0.320 e. The molecule has 1 atom stereocenters. The van der Waals surface area contributed by atoms with Crippen LogP contribution >= 0.6 is 0 Å². The lowest BCUT2D eigenvalue weighted by Crippen LogP contribution is -2.39. The molecule has 0 amide bonds. The molecule has 2 N–H and O–H groups in total. The molecule has 0 spiro atoms. The van der Waals surface area contributed by atoms with E-state index >= 15 is 0 Å². The zero-order valence-electron chi connectivity index (χ0n) is 8.96. The van der Waals surface area contributed by atoms with E-state index in [-0.39, 0.29) is 6.04 Å². The minimum atomic E-state index is -0.678. The van der Waals surface area contributed by atoms with Gasteiger partial charge in [0.1, 0.15) is 6.04 Å². The maximum atomic E-state index is 10.8. The Morgan fingerprint density at radius 1 is 1.43 bits per heavy atom. The number of carboxylic acids is 1. The quantitative estimate of drug-likeness (QED) is 0.588. The molecule has 0 aromatic carbocycles. The lowest BCUT2D eigenvalue weighted by molar-refractivity contribution is -0.140. The Balaban J connectivity index is 2.05. The maximum Gasteiger partial charge on any atom is 0.320 e. The van der Waals surface area contributed by atoms with Crippen molar-refractivity contribution in [1.29, 1.82) is 0 Å². The number of hydrogen-bond donors (Lipinski definition) is 2. The Morgan fingerprint density at radius 2 is 2.14 bits per heavy atom. The molecule has 1 saturated carbocycles. The highest BCUT2D eigenvalue weighted by Crippen LogP contribution is 2.32. The number of carboxylic acid groups (broad SMARTS) is 1. The Morgan fingerprint density at radius 3 is 2.64 bits per heavy atom. The summed E-state index contributed by atoms with van der Waals surface area (Å²) < 4.78 is 0. The zero-order chi connectivity index (χ0) is 10.4. The summed E-state index contributed by atoms with van der Waals surface area (Å²) in [6.45, 7) is 3.03. The van der Waals surface area contributed by atoms with E-state index in [4.69, 9.17) is 5.11 Å². The van der Waals surface area contributed by atoms with Crippen molar-refractivity contribution in [2.75, 3.05) is 6.54 Å². The van der Waals surface area contributed by atoms with Crippen LogP contribution in [0, 0.1) is 5.92 Å². The van der Waals surface area contributed by atoms with Gasteiger partial charge in [-0.15, -0.1) is 0 Å². The number of rotatable bonds is 8. The van der Waals surface area contributed by atoms with Crippen molar-refractivity contribution in [2.24, 2.45) is 5.92 Å². The van der Waals surface area contributed by atoms with E-state index in [9.17, 15) is 4.79 Å². The third-order valence-corrected chi connectivity index (χ3v) is 2.75. The minimum absolute atomic E-state index is 0.281. The third-order valence-electron chi connectivity index (χ3n) is 2.75. The molecule has 1 aliphatic rings. The van der Waals surface area contributed by atoms with Crippen molar-refractivity contribution < 1.29 is 9.90 Å². The van der Waals surface area contributed by atoms with Crippen LogP contribution < -0.4 is 5.32 Å². The summed E-state index contributed by atoms with van der Waals surface area (Å²) in [7, 11) is 0. The maximum absolute atomic E-state index is 10.8. The molecule has 1 fully saturated rings. The molecule has 3 nitrogen and oxygen atoms in total. The summed E-state index contributed by atoms with van der Waals surface area (Å²) in [5.74, 6) is -0.276. The molecular weight excluding hydrogens is 178 g/mol. The highest BCUT2D eigenvalue weighted by Gasteiger charge is 2.35. The summed E-state index contributed by atoms with van der Waals surface area (Å²) in [5.41, 5.74) is 0. The van der Waals surface area contributed by atoms with Crippen LogP contribution in [-0.4, -0.2) is 23.7 Å². The molecule has 3 heteroatoms. The number of carbonyl (C=O) groups is 1. The highest BCUT2D eigenvalue weighted by molar-refractivity contribution is 5.74.